The van der Waals surface area contributed by atoms with Gasteiger partial charge in [-0.25, -0.2) is 8.42 Å². The lowest BCUT2D eigenvalue weighted by atomic mass is 9.43. The SMILES string of the molecule is C[C@H](CCC(=O)N(CCS(=O)(=O)[O-])C1CCOCC1)[C@H]1CC[C@H]2[C@@H]3[C@H](O)C[C@@H]4C[C@H](O)CC[C@]4(C)[C@H]3C[C@H](O)[C@]12C. The van der Waals surface area contributed by atoms with Crippen LogP contribution in [0.5, 0.6) is 0 Å². The van der Waals surface area contributed by atoms with Crippen molar-refractivity contribution in [3.8, 4) is 0 Å². The Morgan fingerprint density at radius 2 is 1.73 bits per heavy atom. The highest BCUT2D eigenvalue weighted by atomic mass is 32.2. The number of rotatable bonds is 8. The first kappa shape index (κ1) is 31.6. The Hall–Kier alpha value is -0.780. The molecule has 5 rings (SSSR count). The summed E-state index contributed by atoms with van der Waals surface area (Å²) >= 11 is 0. The average molecular weight is 599 g/mol. The third-order valence-electron chi connectivity index (χ3n) is 12.9. The molecule has 9 nitrogen and oxygen atoms in total. The highest BCUT2D eigenvalue weighted by Gasteiger charge is 2.65. The zero-order chi connectivity index (χ0) is 29.7. The number of fused-ring (bicyclic) bond motifs is 5. The van der Waals surface area contributed by atoms with E-state index in [0.29, 0.717) is 38.9 Å². The summed E-state index contributed by atoms with van der Waals surface area (Å²) in [7, 11) is -4.43. The molecule has 0 radical (unpaired) electrons. The molecule has 0 spiro atoms. The number of aliphatic hydroxyl groups excluding tert-OH is 3. The van der Waals surface area contributed by atoms with E-state index in [0.717, 1.165) is 38.5 Å². The van der Waals surface area contributed by atoms with Gasteiger partial charge in [0.05, 0.1) is 34.2 Å². The van der Waals surface area contributed by atoms with Crippen LogP contribution in [-0.4, -0.2) is 89.0 Å². The second kappa shape index (κ2) is 12.0. The third-order valence-corrected chi connectivity index (χ3v) is 13.6. The van der Waals surface area contributed by atoms with Crippen molar-refractivity contribution in [1.29, 1.82) is 0 Å². The van der Waals surface area contributed by atoms with Crippen molar-refractivity contribution in [2.45, 2.75) is 116 Å². The lowest BCUT2D eigenvalue weighted by Crippen LogP contribution is -2.62. The van der Waals surface area contributed by atoms with Crippen LogP contribution in [0.1, 0.15) is 91.4 Å². The molecule has 0 aromatic rings. The fourth-order valence-corrected chi connectivity index (χ4v) is 11.0. The van der Waals surface area contributed by atoms with Crippen molar-refractivity contribution in [3.63, 3.8) is 0 Å². The van der Waals surface area contributed by atoms with Gasteiger partial charge in [0.25, 0.3) is 0 Å². The van der Waals surface area contributed by atoms with Gasteiger partial charge in [-0.3, -0.25) is 4.79 Å². The molecule has 3 N–H and O–H groups in total. The van der Waals surface area contributed by atoms with Crippen LogP contribution in [0.2, 0.25) is 0 Å². The number of hydrogen-bond acceptors (Lipinski definition) is 8. The Morgan fingerprint density at radius 1 is 1.02 bits per heavy atom. The summed E-state index contributed by atoms with van der Waals surface area (Å²) in [5.41, 5.74) is -0.300. The van der Waals surface area contributed by atoms with E-state index in [-0.39, 0.29) is 77.4 Å². The minimum absolute atomic E-state index is 0.0345. The van der Waals surface area contributed by atoms with E-state index in [1.807, 2.05) is 0 Å². The molecule has 0 unspecified atom stereocenters. The number of amides is 1. The van der Waals surface area contributed by atoms with Crippen molar-refractivity contribution >= 4 is 16.0 Å². The highest BCUT2D eigenvalue weighted by Crippen LogP contribution is 2.68. The molecular formula is C31H52NO8S-. The van der Waals surface area contributed by atoms with E-state index in [1.165, 1.54) is 0 Å². The van der Waals surface area contributed by atoms with Crippen molar-refractivity contribution in [1.82, 2.24) is 4.90 Å². The van der Waals surface area contributed by atoms with E-state index < -0.39 is 28.1 Å². The Kier molecular flexibility index (Phi) is 9.23. The normalized spacial score (nSPS) is 44.0. The molecule has 236 valence electrons. The maximum Gasteiger partial charge on any atom is 0.222 e. The maximum absolute atomic E-state index is 13.4. The molecule has 1 amide bonds. The molecule has 10 heteroatoms. The lowest BCUT2D eigenvalue weighted by molar-refractivity contribution is -0.207. The van der Waals surface area contributed by atoms with Gasteiger partial charge in [-0.05, 0) is 111 Å². The molecular weight excluding hydrogens is 546 g/mol. The first-order valence-corrected chi connectivity index (χ1v) is 17.7. The van der Waals surface area contributed by atoms with E-state index in [1.54, 1.807) is 4.90 Å². The van der Waals surface area contributed by atoms with Gasteiger partial charge in [-0.1, -0.05) is 20.8 Å². The van der Waals surface area contributed by atoms with Gasteiger partial charge in [0.15, 0.2) is 0 Å². The highest BCUT2D eigenvalue weighted by molar-refractivity contribution is 7.85. The number of ether oxygens (including phenoxy) is 1. The fraction of sp³-hybridized carbons (Fsp3) is 0.968. The number of carbonyl (C=O) groups excluding carboxylic acids is 1. The summed E-state index contributed by atoms with van der Waals surface area (Å²) in [4.78, 5) is 15.0. The van der Waals surface area contributed by atoms with Gasteiger partial charge >= 0.3 is 0 Å². The molecule has 5 fully saturated rings. The molecule has 1 heterocycles. The van der Waals surface area contributed by atoms with Crippen LogP contribution in [0, 0.1) is 46.3 Å². The number of aliphatic hydroxyl groups is 3. The first-order valence-electron chi connectivity index (χ1n) is 16.1. The van der Waals surface area contributed by atoms with Crippen LogP contribution in [0.15, 0.2) is 0 Å². The van der Waals surface area contributed by atoms with E-state index in [4.69, 9.17) is 4.74 Å². The van der Waals surface area contributed by atoms with Crippen LogP contribution in [0.4, 0.5) is 0 Å². The zero-order valence-electron chi connectivity index (χ0n) is 25.1. The third kappa shape index (κ3) is 5.99. The summed E-state index contributed by atoms with van der Waals surface area (Å²) in [5, 5.41) is 33.7. The van der Waals surface area contributed by atoms with Crippen molar-refractivity contribution in [3.05, 3.63) is 0 Å². The minimum atomic E-state index is -4.43. The molecule has 4 saturated carbocycles. The lowest BCUT2D eigenvalue weighted by Gasteiger charge is -2.63. The standard InChI is InChI=1S/C31H53NO8S/c1-19(4-7-28(36)32(12-15-41(37,38)39)21-9-13-40-14-10-21)23-5-6-24-29-25(18-27(35)31(23,24)3)30(2)11-8-22(33)16-20(30)17-26(29)34/h19-27,29,33-35H,4-18H2,1-3H3,(H,37,38,39)/p-1/t19-,20+,22-,23-,24+,25+,26-,27+,29+,30+,31-/m1/s1. The topological polar surface area (TPSA) is 147 Å². The van der Waals surface area contributed by atoms with E-state index in [9.17, 15) is 33.1 Å². The summed E-state index contributed by atoms with van der Waals surface area (Å²) < 4.78 is 39.5. The Labute approximate surface area is 246 Å². The molecule has 0 aromatic heterocycles. The molecule has 4 aliphatic carbocycles. The molecule has 1 saturated heterocycles. The summed E-state index contributed by atoms with van der Waals surface area (Å²) in [6.07, 6.45) is 6.83. The van der Waals surface area contributed by atoms with Crippen molar-refractivity contribution < 1.29 is 37.8 Å². The van der Waals surface area contributed by atoms with Crippen LogP contribution in [0.25, 0.3) is 0 Å². The zero-order valence-corrected chi connectivity index (χ0v) is 25.9. The molecule has 41 heavy (non-hydrogen) atoms. The van der Waals surface area contributed by atoms with Crippen LogP contribution < -0.4 is 0 Å². The first-order chi connectivity index (χ1) is 19.3. The number of nitrogens with zero attached hydrogens (tertiary/aromatic N) is 1. The Morgan fingerprint density at radius 3 is 2.41 bits per heavy atom. The number of carbonyl (C=O) groups is 1. The summed E-state index contributed by atoms with van der Waals surface area (Å²) in [6, 6.07) is -0.113. The van der Waals surface area contributed by atoms with Crippen molar-refractivity contribution in [2.24, 2.45) is 46.3 Å². The Balaban J connectivity index is 1.27. The molecule has 1 aliphatic heterocycles. The van der Waals surface area contributed by atoms with Gasteiger partial charge in [-0.15, -0.1) is 0 Å². The van der Waals surface area contributed by atoms with Crippen LogP contribution >= 0.6 is 0 Å². The smallest absolute Gasteiger partial charge is 0.222 e. The van der Waals surface area contributed by atoms with Gasteiger partial charge in [-0.2, -0.15) is 0 Å². The second-order valence-electron chi connectivity index (χ2n) is 14.7. The van der Waals surface area contributed by atoms with E-state index >= 15 is 0 Å². The molecule has 5 aliphatic rings. The maximum atomic E-state index is 13.4. The van der Waals surface area contributed by atoms with Crippen molar-refractivity contribution in [2.75, 3.05) is 25.5 Å². The van der Waals surface area contributed by atoms with Gasteiger partial charge < -0.3 is 29.5 Å². The van der Waals surface area contributed by atoms with Crippen LogP contribution in [-0.2, 0) is 19.6 Å². The number of hydrogen-bond donors (Lipinski definition) is 3. The minimum Gasteiger partial charge on any atom is -0.748 e. The van der Waals surface area contributed by atoms with Crippen LogP contribution in [0.3, 0.4) is 0 Å². The van der Waals surface area contributed by atoms with Gasteiger partial charge in [0.2, 0.25) is 5.91 Å². The predicted molar refractivity (Wildman–Crippen MR) is 153 cm³/mol. The summed E-state index contributed by atoms with van der Waals surface area (Å²) in [5.74, 6) is 0.613. The molecule has 0 aromatic carbocycles. The molecule has 0 bridgehead atoms. The largest absolute Gasteiger partial charge is 0.748 e. The Bertz CT molecular complexity index is 1050. The second-order valence-corrected chi connectivity index (χ2v) is 16.3. The average Bonchev–Trinajstić information content (AvgIpc) is 3.27. The monoisotopic (exact) mass is 598 g/mol. The van der Waals surface area contributed by atoms with Gasteiger partial charge in [0.1, 0.15) is 0 Å². The van der Waals surface area contributed by atoms with E-state index in [2.05, 4.69) is 20.8 Å². The quantitative estimate of drug-likeness (QED) is 0.362. The predicted octanol–water partition coefficient (Wildman–Crippen LogP) is 2.92. The fourth-order valence-electron chi connectivity index (χ4n) is 10.5. The van der Waals surface area contributed by atoms with Gasteiger partial charge in [0, 0.05) is 32.2 Å². The molecule has 11 atom stereocenters. The summed E-state index contributed by atoms with van der Waals surface area (Å²) in [6.45, 7) is 7.68.